The van der Waals surface area contributed by atoms with Gasteiger partial charge in [-0.05, 0) is 0 Å². The Balaban J connectivity index is 2.06. The van der Waals surface area contributed by atoms with Crippen LogP contribution in [0.25, 0.3) is 0 Å². The summed E-state index contributed by atoms with van der Waals surface area (Å²) in [7, 11) is 1.69. The zero-order valence-corrected chi connectivity index (χ0v) is 10.6. The first-order valence-electron chi connectivity index (χ1n) is 5.83. The molecule has 1 saturated heterocycles. The summed E-state index contributed by atoms with van der Waals surface area (Å²) < 4.78 is 1.48. The maximum absolute atomic E-state index is 12.3. The van der Waals surface area contributed by atoms with Crippen molar-refractivity contribution in [1.82, 2.24) is 19.6 Å². The van der Waals surface area contributed by atoms with Crippen molar-refractivity contribution in [1.29, 1.82) is 0 Å². The van der Waals surface area contributed by atoms with Crippen molar-refractivity contribution in [2.24, 2.45) is 7.05 Å². The molecule has 1 fully saturated rings. The van der Waals surface area contributed by atoms with Crippen molar-refractivity contribution in [2.45, 2.75) is 6.92 Å². The molecule has 2 N–H and O–H groups in total. The quantitative estimate of drug-likeness (QED) is 0.715. The fraction of sp³-hybridized carbons (Fsp3) is 0.545. The Morgan fingerprint density at radius 2 is 1.78 bits per heavy atom. The maximum atomic E-state index is 12.3. The van der Waals surface area contributed by atoms with E-state index < -0.39 is 0 Å². The van der Waals surface area contributed by atoms with Crippen LogP contribution in [0, 0.1) is 0 Å². The number of aryl methyl sites for hydroxylation is 1. The van der Waals surface area contributed by atoms with E-state index in [0.717, 1.165) is 0 Å². The van der Waals surface area contributed by atoms with Gasteiger partial charge in [-0.3, -0.25) is 14.3 Å². The van der Waals surface area contributed by atoms with Crippen LogP contribution in [0.1, 0.15) is 17.4 Å². The minimum Gasteiger partial charge on any atom is -0.396 e. The molecule has 0 saturated carbocycles. The van der Waals surface area contributed by atoms with Crippen molar-refractivity contribution >= 4 is 17.5 Å². The molecule has 1 aromatic rings. The van der Waals surface area contributed by atoms with Crippen LogP contribution in [0.5, 0.6) is 0 Å². The second-order valence-corrected chi connectivity index (χ2v) is 4.37. The molecule has 1 aromatic heterocycles. The molecule has 98 valence electrons. The summed E-state index contributed by atoms with van der Waals surface area (Å²) >= 11 is 0. The van der Waals surface area contributed by atoms with Crippen molar-refractivity contribution in [3.63, 3.8) is 0 Å². The Labute approximate surface area is 105 Å². The molecule has 7 heteroatoms. The van der Waals surface area contributed by atoms with E-state index in [-0.39, 0.29) is 11.8 Å². The molecule has 2 rings (SSSR count). The monoisotopic (exact) mass is 251 g/mol. The smallest absolute Gasteiger partial charge is 0.274 e. The summed E-state index contributed by atoms with van der Waals surface area (Å²) in [6, 6.07) is 0. The number of carbonyl (C=O) groups is 2. The number of carbonyl (C=O) groups excluding carboxylic acids is 2. The first-order valence-corrected chi connectivity index (χ1v) is 5.83. The van der Waals surface area contributed by atoms with Gasteiger partial charge in [-0.25, -0.2) is 0 Å². The van der Waals surface area contributed by atoms with Gasteiger partial charge in [0.15, 0.2) is 0 Å². The summed E-state index contributed by atoms with van der Waals surface area (Å²) in [6.07, 6.45) is 1.47. The molecule has 0 aliphatic carbocycles. The molecule has 1 aliphatic heterocycles. The molecule has 1 aliphatic rings. The number of nitrogen functional groups attached to an aromatic ring is 1. The van der Waals surface area contributed by atoms with Crippen LogP contribution < -0.4 is 5.73 Å². The third-order valence-electron chi connectivity index (χ3n) is 3.18. The van der Waals surface area contributed by atoms with Crippen LogP contribution >= 0.6 is 0 Å². The Morgan fingerprint density at radius 3 is 2.22 bits per heavy atom. The maximum Gasteiger partial charge on any atom is 0.274 e. The Bertz CT molecular complexity index is 454. The lowest BCUT2D eigenvalue weighted by Gasteiger charge is -2.34. The fourth-order valence-corrected chi connectivity index (χ4v) is 2.09. The van der Waals surface area contributed by atoms with E-state index in [2.05, 4.69) is 5.10 Å². The summed E-state index contributed by atoms with van der Waals surface area (Å²) in [5.41, 5.74) is 6.52. The normalized spacial score (nSPS) is 15.9. The van der Waals surface area contributed by atoms with E-state index in [4.69, 9.17) is 5.73 Å². The first-order chi connectivity index (χ1) is 8.50. The third kappa shape index (κ3) is 2.15. The van der Waals surface area contributed by atoms with Crippen molar-refractivity contribution in [3.8, 4) is 0 Å². The molecule has 0 spiro atoms. The lowest BCUT2D eigenvalue weighted by atomic mass is 10.2. The van der Waals surface area contributed by atoms with Gasteiger partial charge in [0.05, 0.1) is 11.9 Å². The second-order valence-electron chi connectivity index (χ2n) is 4.37. The van der Waals surface area contributed by atoms with Gasteiger partial charge in [-0.2, -0.15) is 5.10 Å². The van der Waals surface area contributed by atoms with Crippen LogP contribution in [0.15, 0.2) is 6.20 Å². The summed E-state index contributed by atoms with van der Waals surface area (Å²) in [5.74, 6) is -0.0853. The molecule has 7 nitrogen and oxygen atoms in total. The van der Waals surface area contributed by atoms with E-state index >= 15 is 0 Å². The average Bonchev–Trinajstić information content (AvgIpc) is 2.68. The SMILES string of the molecule is CC(=O)N1CCN(C(=O)c2c(N)cnn2C)CC1. The van der Waals surface area contributed by atoms with Gasteiger partial charge in [-0.1, -0.05) is 0 Å². The average molecular weight is 251 g/mol. The lowest BCUT2D eigenvalue weighted by molar-refractivity contribution is -0.130. The molecule has 0 aromatic carbocycles. The Hall–Kier alpha value is -2.05. The Kier molecular flexibility index (Phi) is 3.22. The van der Waals surface area contributed by atoms with E-state index in [9.17, 15) is 9.59 Å². The molecule has 0 unspecified atom stereocenters. The molecule has 0 radical (unpaired) electrons. The van der Waals surface area contributed by atoms with Crippen molar-refractivity contribution < 1.29 is 9.59 Å². The molecule has 18 heavy (non-hydrogen) atoms. The van der Waals surface area contributed by atoms with Gasteiger partial charge in [0.1, 0.15) is 5.69 Å². The van der Waals surface area contributed by atoms with E-state index in [1.807, 2.05) is 0 Å². The second kappa shape index (κ2) is 4.67. The number of hydrogen-bond acceptors (Lipinski definition) is 4. The number of nitrogens with two attached hydrogens (primary N) is 1. The van der Waals surface area contributed by atoms with Crippen LogP contribution in [0.4, 0.5) is 5.69 Å². The number of rotatable bonds is 1. The van der Waals surface area contributed by atoms with E-state index in [0.29, 0.717) is 37.6 Å². The lowest BCUT2D eigenvalue weighted by Crippen LogP contribution is -2.50. The zero-order chi connectivity index (χ0) is 13.3. The standard InChI is InChI=1S/C11H17N5O2/c1-8(17)15-3-5-16(6-4-15)11(18)10-9(12)7-13-14(10)2/h7H,3-6,12H2,1-2H3. The summed E-state index contributed by atoms with van der Waals surface area (Å²) in [5, 5.41) is 3.95. The summed E-state index contributed by atoms with van der Waals surface area (Å²) in [4.78, 5) is 26.9. The number of anilines is 1. The highest BCUT2D eigenvalue weighted by atomic mass is 16.2. The highest BCUT2D eigenvalue weighted by Gasteiger charge is 2.26. The predicted molar refractivity (Wildman–Crippen MR) is 65.8 cm³/mol. The molecule has 0 atom stereocenters. The van der Waals surface area contributed by atoms with Crippen molar-refractivity contribution in [3.05, 3.63) is 11.9 Å². The van der Waals surface area contributed by atoms with Gasteiger partial charge in [0.25, 0.3) is 5.91 Å². The van der Waals surface area contributed by atoms with Gasteiger partial charge in [0.2, 0.25) is 5.91 Å². The van der Waals surface area contributed by atoms with Crippen molar-refractivity contribution in [2.75, 3.05) is 31.9 Å². The van der Waals surface area contributed by atoms with Gasteiger partial charge < -0.3 is 15.5 Å². The van der Waals surface area contributed by atoms with Crippen LogP contribution in [-0.4, -0.2) is 57.6 Å². The molecule has 2 heterocycles. The highest BCUT2D eigenvalue weighted by Crippen LogP contribution is 2.14. The zero-order valence-electron chi connectivity index (χ0n) is 10.6. The number of piperazine rings is 1. The van der Waals surface area contributed by atoms with Gasteiger partial charge in [-0.15, -0.1) is 0 Å². The van der Waals surface area contributed by atoms with Crippen LogP contribution in [0.2, 0.25) is 0 Å². The number of hydrogen-bond donors (Lipinski definition) is 1. The minimum absolute atomic E-state index is 0.0437. The largest absolute Gasteiger partial charge is 0.396 e. The molecule has 2 amide bonds. The predicted octanol–water partition coefficient (Wildman–Crippen LogP) is -0.693. The number of nitrogens with zero attached hydrogens (tertiary/aromatic N) is 4. The Morgan fingerprint density at radius 1 is 1.22 bits per heavy atom. The van der Waals surface area contributed by atoms with Gasteiger partial charge in [0, 0.05) is 40.2 Å². The highest BCUT2D eigenvalue weighted by molar-refractivity contribution is 5.97. The third-order valence-corrected chi connectivity index (χ3v) is 3.18. The topological polar surface area (TPSA) is 84.5 Å². The van der Waals surface area contributed by atoms with E-state index in [1.54, 1.807) is 16.8 Å². The van der Waals surface area contributed by atoms with E-state index in [1.165, 1.54) is 17.8 Å². The van der Waals surface area contributed by atoms with Crippen LogP contribution in [0.3, 0.4) is 0 Å². The minimum atomic E-state index is -0.129. The van der Waals surface area contributed by atoms with Crippen LogP contribution in [-0.2, 0) is 11.8 Å². The molecular weight excluding hydrogens is 234 g/mol. The first kappa shape index (κ1) is 12.4. The molecule has 0 bridgehead atoms. The number of aromatic nitrogens is 2. The van der Waals surface area contributed by atoms with Gasteiger partial charge >= 0.3 is 0 Å². The number of amides is 2. The summed E-state index contributed by atoms with van der Waals surface area (Å²) in [6.45, 7) is 3.74. The fourth-order valence-electron chi connectivity index (χ4n) is 2.09. The molecular formula is C11H17N5O2.